The van der Waals surface area contributed by atoms with E-state index in [4.69, 9.17) is 0 Å². The minimum atomic E-state index is -3.35. The summed E-state index contributed by atoms with van der Waals surface area (Å²) in [5.41, 5.74) is 1.37. The number of carbonyl (C=O) groups is 1. The van der Waals surface area contributed by atoms with Gasteiger partial charge in [-0.05, 0) is 42.3 Å². The fraction of sp³-hybridized carbons (Fsp3) is 0.188. The highest BCUT2D eigenvalue weighted by Gasteiger charge is 2.37. The fourth-order valence-corrected chi connectivity index (χ4v) is 4.38. The van der Waals surface area contributed by atoms with Gasteiger partial charge >= 0.3 is 0 Å². The normalized spacial score (nSPS) is 17.8. The van der Waals surface area contributed by atoms with Crippen LogP contribution in [0.25, 0.3) is 0 Å². The topological polar surface area (TPSA) is 51.2 Å². The molecule has 108 valence electrons. The van der Waals surface area contributed by atoms with E-state index in [-0.39, 0.29) is 12.2 Å². The molecular weight excluding hydrogens is 304 g/mol. The fourth-order valence-electron chi connectivity index (χ4n) is 2.48. The van der Waals surface area contributed by atoms with Crippen LogP contribution in [0.5, 0.6) is 0 Å². The van der Waals surface area contributed by atoms with E-state index in [0.29, 0.717) is 5.56 Å². The second-order valence-electron chi connectivity index (χ2n) is 5.12. The number of ketones is 1. The van der Waals surface area contributed by atoms with E-state index in [1.165, 1.54) is 0 Å². The molecule has 0 radical (unpaired) electrons. The Labute approximate surface area is 128 Å². The smallest absolute Gasteiger partial charge is 0.181 e. The van der Waals surface area contributed by atoms with E-state index in [1.807, 2.05) is 42.5 Å². The van der Waals surface area contributed by atoms with Crippen molar-refractivity contribution in [1.82, 2.24) is 0 Å². The minimum absolute atomic E-state index is 0.274. The second kappa shape index (κ2) is 5.31. The zero-order valence-corrected chi connectivity index (χ0v) is 13.1. The molecular formula is C16H14O3S2. The van der Waals surface area contributed by atoms with Gasteiger partial charge in [0.1, 0.15) is 5.25 Å². The highest BCUT2D eigenvalue weighted by Crippen LogP contribution is 2.33. The van der Waals surface area contributed by atoms with Gasteiger partial charge in [-0.1, -0.05) is 30.0 Å². The summed E-state index contributed by atoms with van der Waals surface area (Å²) in [6.07, 6.45) is 1.41. The Morgan fingerprint density at radius 1 is 1.05 bits per heavy atom. The maximum absolute atomic E-state index is 12.1. The van der Waals surface area contributed by atoms with Crippen LogP contribution < -0.4 is 0 Å². The molecule has 1 aliphatic carbocycles. The van der Waals surface area contributed by atoms with Crippen molar-refractivity contribution in [3.8, 4) is 0 Å². The predicted molar refractivity (Wildman–Crippen MR) is 83.7 cm³/mol. The first-order chi connectivity index (χ1) is 9.95. The summed E-state index contributed by atoms with van der Waals surface area (Å²) in [7, 11) is -3.35. The van der Waals surface area contributed by atoms with E-state index < -0.39 is 15.1 Å². The van der Waals surface area contributed by atoms with Crippen LogP contribution in [0.1, 0.15) is 15.9 Å². The summed E-state index contributed by atoms with van der Waals surface area (Å²) in [6.45, 7) is 0. The molecule has 0 saturated carbocycles. The van der Waals surface area contributed by atoms with Gasteiger partial charge < -0.3 is 0 Å². The van der Waals surface area contributed by atoms with Crippen LogP contribution in [0.2, 0.25) is 0 Å². The second-order valence-corrected chi connectivity index (χ2v) is 8.50. The van der Waals surface area contributed by atoms with Crippen LogP contribution >= 0.6 is 11.8 Å². The first-order valence-electron chi connectivity index (χ1n) is 6.54. The van der Waals surface area contributed by atoms with Gasteiger partial charge in [0.15, 0.2) is 15.6 Å². The van der Waals surface area contributed by atoms with Crippen molar-refractivity contribution in [3.63, 3.8) is 0 Å². The summed E-state index contributed by atoms with van der Waals surface area (Å²) in [4.78, 5) is 14.3. The van der Waals surface area contributed by atoms with Gasteiger partial charge in [-0.2, -0.15) is 0 Å². The van der Waals surface area contributed by atoms with E-state index in [1.54, 1.807) is 17.8 Å². The van der Waals surface area contributed by atoms with Gasteiger partial charge in [0, 0.05) is 21.6 Å². The number of fused-ring (bicyclic) bond motifs is 1. The minimum Gasteiger partial charge on any atom is -0.293 e. The molecule has 0 heterocycles. The van der Waals surface area contributed by atoms with Gasteiger partial charge in [-0.25, -0.2) is 8.42 Å². The van der Waals surface area contributed by atoms with Crippen molar-refractivity contribution in [1.29, 1.82) is 0 Å². The van der Waals surface area contributed by atoms with Crippen LogP contribution in [0.4, 0.5) is 0 Å². The molecule has 5 heteroatoms. The summed E-state index contributed by atoms with van der Waals surface area (Å²) >= 11 is 1.60. The summed E-state index contributed by atoms with van der Waals surface area (Å²) < 4.78 is 23.3. The SMILES string of the molecule is CS(=O)(=O)C1Cc2cc(Sc3ccccc3)ccc2C1=O. The zero-order valence-electron chi connectivity index (χ0n) is 11.4. The van der Waals surface area contributed by atoms with Crippen LogP contribution in [-0.4, -0.2) is 25.7 Å². The Kier molecular flexibility index (Phi) is 3.63. The van der Waals surface area contributed by atoms with E-state index in [2.05, 4.69) is 0 Å². The van der Waals surface area contributed by atoms with Gasteiger partial charge in [-0.3, -0.25) is 4.79 Å². The Bertz CT molecular complexity index is 796. The van der Waals surface area contributed by atoms with Crippen molar-refractivity contribution in [2.24, 2.45) is 0 Å². The third-order valence-electron chi connectivity index (χ3n) is 3.54. The third kappa shape index (κ3) is 2.89. The lowest BCUT2D eigenvalue weighted by molar-refractivity contribution is 0.0998. The summed E-state index contributed by atoms with van der Waals surface area (Å²) in [6, 6.07) is 15.5. The Morgan fingerprint density at radius 3 is 2.43 bits per heavy atom. The van der Waals surface area contributed by atoms with Gasteiger partial charge in [0.05, 0.1) is 0 Å². The highest BCUT2D eigenvalue weighted by molar-refractivity contribution is 7.99. The number of hydrogen-bond donors (Lipinski definition) is 0. The molecule has 1 aliphatic rings. The number of hydrogen-bond acceptors (Lipinski definition) is 4. The lowest BCUT2D eigenvalue weighted by atomic mass is 10.1. The third-order valence-corrected chi connectivity index (χ3v) is 5.95. The van der Waals surface area contributed by atoms with Gasteiger partial charge in [0.25, 0.3) is 0 Å². The lowest BCUT2D eigenvalue weighted by Crippen LogP contribution is -2.26. The average molecular weight is 318 g/mol. The molecule has 3 rings (SSSR count). The average Bonchev–Trinajstić information content (AvgIpc) is 2.77. The Balaban J connectivity index is 1.90. The molecule has 3 nitrogen and oxygen atoms in total. The molecule has 0 bridgehead atoms. The number of sulfone groups is 1. The molecule has 0 amide bonds. The molecule has 0 spiro atoms. The van der Waals surface area contributed by atoms with Crippen LogP contribution in [-0.2, 0) is 16.3 Å². The van der Waals surface area contributed by atoms with Crippen molar-refractivity contribution in [2.45, 2.75) is 21.5 Å². The number of carbonyl (C=O) groups excluding carboxylic acids is 1. The lowest BCUT2D eigenvalue weighted by Gasteiger charge is -2.04. The van der Waals surface area contributed by atoms with Crippen LogP contribution in [0.3, 0.4) is 0 Å². The molecule has 0 saturated heterocycles. The van der Waals surface area contributed by atoms with E-state index >= 15 is 0 Å². The molecule has 0 fully saturated rings. The van der Waals surface area contributed by atoms with Crippen molar-refractivity contribution in [3.05, 3.63) is 59.7 Å². The Hall–Kier alpha value is -1.59. The van der Waals surface area contributed by atoms with Crippen molar-refractivity contribution in [2.75, 3.05) is 6.26 Å². The number of benzene rings is 2. The van der Waals surface area contributed by atoms with Crippen molar-refractivity contribution < 1.29 is 13.2 Å². The molecule has 1 unspecified atom stereocenters. The standard InChI is InChI=1S/C16H14O3S2/c1-21(18,19)15-10-11-9-13(7-8-14(11)16(15)17)20-12-5-3-2-4-6-12/h2-9,15H,10H2,1H3. The maximum Gasteiger partial charge on any atom is 0.181 e. The van der Waals surface area contributed by atoms with Crippen LogP contribution in [0.15, 0.2) is 58.3 Å². The first kappa shape index (κ1) is 14.4. The first-order valence-corrected chi connectivity index (χ1v) is 9.31. The zero-order chi connectivity index (χ0) is 15.0. The molecule has 1 atom stereocenters. The monoisotopic (exact) mass is 318 g/mol. The number of Topliss-reactive ketones (excluding diaryl/α,β-unsaturated/α-hetero) is 1. The van der Waals surface area contributed by atoms with Gasteiger partial charge in [-0.15, -0.1) is 0 Å². The molecule has 21 heavy (non-hydrogen) atoms. The Morgan fingerprint density at radius 2 is 1.76 bits per heavy atom. The molecule has 0 aromatic heterocycles. The van der Waals surface area contributed by atoms with E-state index in [9.17, 15) is 13.2 Å². The highest BCUT2D eigenvalue weighted by atomic mass is 32.2. The summed E-state index contributed by atoms with van der Waals surface area (Å²) in [5.74, 6) is -0.274. The van der Waals surface area contributed by atoms with Crippen molar-refractivity contribution >= 4 is 27.4 Å². The largest absolute Gasteiger partial charge is 0.293 e. The maximum atomic E-state index is 12.1. The quantitative estimate of drug-likeness (QED) is 0.873. The predicted octanol–water partition coefficient (Wildman–Crippen LogP) is 2.99. The molecule has 2 aromatic carbocycles. The summed E-state index contributed by atoms with van der Waals surface area (Å²) in [5, 5.41) is -0.913. The molecule has 0 aliphatic heterocycles. The number of rotatable bonds is 3. The van der Waals surface area contributed by atoms with Gasteiger partial charge in [0.2, 0.25) is 0 Å². The van der Waals surface area contributed by atoms with Crippen LogP contribution in [0, 0.1) is 0 Å². The van der Waals surface area contributed by atoms with E-state index in [0.717, 1.165) is 21.6 Å². The molecule has 2 aromatic rings. The molecule has 0 N–H and O–H groups in total.